The Morgan fingerprint density at radius 3 is 2.05 bits per heavy atom. The van der Waals surface area contributed by atoms with Crippen molar-refractivity contribution < 1.29 is 14.7 Å². The van der Waals surface area contributed by atoms with Gasteiger partial charge in [-0.15, -0.1) is 0 Å². The average Bonchev–Trinajstić information content (AvgIpc) is 2.44. The maximum Gasteiger partial charge on any atom is 0.310 e. The van der Waals surface area contributed by atoms with Crippen molar-refractivity contribution in [1.29, 1.82) is 0 Å². The molecule has 0 unspecified atom stereocenters. The lowest BCUT2D eigenvalue weighted by molar-refractivity contribution is -0.152. The van der Waals surface area contributed by atoms with E-state index in [0.29, 0.717) is 12.8 Å². The molecule has 1 aromatic rings. The molecule has 110 valence electrons. The first-order valence-electron chi connectivity index (χ1n) is 6.93. The van der Waals surface area contributed by atoms with Crippen LogP contribution in [0.15, 0.2) is 24.3 Å². The second kappa shape index (κ2) is 6.55. The highest BCUT2D eigenvalue weighted by atomic mass is 16.4. The highest BCUT2D eigenvalue weighted by Gasteiger charge is 2.38. The van der Waals surface area contributed by atoms with Crippen LogP contribution >= 0.6 is 0 Å². The Hall–Kier alpha value is -1.84. The van der Waals surface area contributed by atoms with Crippen LogP contribution in [0.2, 0.25) is 0 Å². The minimum Gasteiger partial charge on any atom is -0.481 e. The maximum absolute atomic E-state index is 12.3. The topological polar surface area (TPSA) is 57.6 Å². The van der Waals surface area contributed by atoms with E-state index in [1.807, 2.05) is 45.0 Å². The van der Waals surface area contributed by atoms with E-state index >= 15 is 0 Å². The molecule has 1 N–H and O–H groups in total. The number of carboxylic acids is 1. The number of nitrogens with zero attached hydrogens (tertiary/aromatic N) is 1. The van der Waals surface area contributed by atoms with Crippen molar-refractivity contribution in [3.05, 3.63) is 29.8 Å². The minimum absolute atomic E-state index is 0.0275. The molecule has 4 nitrogen and oxygen atoms in total. The molecule has 4 heteroatoms. The third-order valence-electron chi connectivity index (χ3n) is 4.09. The second-order valence-electron chi connectivity index (χ2n) is 5.26. The fraction of sp³-hybridized carbons (Fsp3) is 0.500. The number of aliphatic carboxylic acids is 1. The number of hydrogen-bond acceptors (Lipinski definition) is 2. The van der Waals surface area contributed by atoms with Crippen molar-refractivity contribution in [2.45, 2.75) is 40.0 Å². The summed E-state index contributed by atoms with van der Waals surface area (Å²) in [4.78, 5) is 25.3. The summed E-state index contributed by atoms with van der Waals surface area (Å²) in [5.41, 5.74) is 0.944. The highest BCUT2D eigenvalue weighted by Crippen LogP contribution is 2.32. The molecule has 0 fully saturated rings. The lowest BCUT2D eigenvalue weighted by Gasteiger charge is -2.28. The first kappa shape index (κ1) is 16.2. The van der Waals surface area contributed by atoms with Crippen molar-refractivity contribution in [3.8, 4) is 0 Å². The summed E-state index contributed by atoms with van der Waals surface area (Å²) in [5.74, 6) is -1.06. The molecule has 0 saturated carbocycles. The molecule has 1 rings (SSSR count). The summed E-state index contributed by atoms with van der Waals surface area (Å²) in [6, 6.07) is 7.60. The summed E-state index contributed by atoms with van der Waals surface area (Å²) < 4.78 is 0. The number of anilines is 1. The Morgan fingerprint density at radius 1 is 1.15 bits per heavy atom. The predicted octanol–water partition coefficient (Wildman–Crippen LogP) is 3.24. The van der Waals surface area contributed by atoms with Crippen LogP contribution < -0.4 is 4.90 Å². The van der Waals surface area contributed by atoms with Crippen LogP contribution in [0.5, 0.6) is 0 Å². The summed E-state index contributed by atoms with van der Waals surface area (Å²) >= 11 is 0. The number of rotatable bonds is 6. The van der Waals surface area contributed by atoms with E-state index in [0.717, 1.165) is 11.3 Å². The molecule has 1 amide bonds. The van der Waals surface area contributed by atoms with E-state index in [4.69, 9.17) is 0 Å². The summed E-state index contributed by atoms with van der Waals surface area (Å²) in [6.45, 7) is 5.61. The molecule has 0 aromatic heterocycles. The van der Waals surface area contributed by atoms with Gasteiger partial charge in [0.15, 0.2) is 0 Å². The molecule has 0 heterocycles. The first-order chi connectivity index (χ1) is 9.36. The Balaban J connectivity index is 2.89. The van der Waals surface area contributed by atoms with Gasteiger partial charge in [-0.2, -0.15) is 0 Å². The fourth-order valence-electron chi connectivity index (χ4n) is 2.20. The van der Waals surface area contributed by atoms with E-state index in [2.05, 4.69) is 0 Å². The molecule has 0 bridgehead atoms. The van der Waals surface area contributed by atoms with Gasteiger partial charge >= 0.3 is 5.97 Å². The van der Waals surface area contributed by atoms with Gasteiger partial charge in [0.1, 0.15) is 0 Å². The number of carbonyl (C=O) groups excluding carboxylic acids is 1. The number of hydrogen-bond donors (Lipinski definition) is 1. The molecule has 1 aromatic carbocycles. The van der Waals surface area contributed by atoms with E-state index in [-0.39, 0.29) is 12.3 Å². The van der Waals surface area contributed by atoms with Crippen LogP contribution in [0.25, 0.3) is 0 Å². The molecule has 0 spiro atoms. The third-order valence-corrected chi connectivity index (χ3v) is 4.09. The van der Waals surface area contributed by atoms with Gasteiger partial charge in [-0.1, -0.05) is 31.5 Å². The normalized spacial score (nSPS) is 11.2. The Bertz CT molecular complexity index is 475. The average molecular weight is 277 g/mol. The van der Waals surface area contributed by atoms with Gasteiger partial charge in [0.05, 0.1) is 5.41 Å². The molecular formula is C16H23NO3. The fourth-order valence-corrected chi connectivity index (χ4v) is 2.20. The Kier molecular flexibility index (Phi) is 5.31. The zero-order valence-corrected chi connectivity index (χ0v) is 12.6. The SMILES string of the molecule is CCC(CC)(CC(=O)N(C)c1ccc(C)cc1)C(=O)O. The van der Waals surface area contributed by atoms with Crippen LogP contribution in [0.1, 0.15) is 38.7 Å². The van der Waals surface area contributed by atoms with E-state index < -0.39 is 11.4 Å². The Labute approximate surface area is 120 Å². The number of benzene rings is 1. The van der Waals surface area contributed by atoms with Gasteiger partial charge in [0.25, 0.3) is 0 Å². The number of amides is 1. The van der Waals surface area contributed by atoms with Crippen molar-refractivity contribution in [2.75, 3.05) is 11.9 Å². The highest BCUT2D eigenvalue weighted by molar-refractivity contribution is 5.95. The molecule has 0 atom stereocenters. The lowest BCUT2D eigenvalue weighted by atomic mass is 9.79. The van der Waals surface area contributed by atoms with Crippen LogP contribution in [-0.4, -0.2) is 24.0 Å². The van der Waals surface area contributed by atoms with Crippen LogP contribution in [0.4, 0.5) is 5.69 Å². The zero-order chi connectivity index (χ0) is 15.3. The lowest BCUT2D eigenvalue weighted by Crippen LogP contribution is -2.37. The molecule has 0 aliphatic rings. The van der Waals surface area contributed by atoms with Gasteiger partial charge in [0, 0.05) is 19.2 Å². The number of carboxylic acid groups (broad SMARTS) is 1. The summed E-state index contributed by atoms with van der Waals surface area (Å²) in [6.07, 6.45) is 0.929. The van der Waals surface area contributed by atoms with Crippen molar-refractivity contribution in [3.63, 3.8) is 0 Å². The van der Waals surface area contributed by atoms with Crippen molar-refractivity contribution in [1.82, 2.24) is 0 Å². The van der Waals surface area contributed by atoms with Crippen LogP contribution in [-0.2, 0) is 9.59 Å². The van der Waals surface area contributed by atoms with Gasteiger partial charge in [-0.25, -0.2) is 0 Å². The summed E-state index contributed by atoms with van der Waals surface area (Å²) in [7, 11) is 1.69. The summed E-state index contributed by atoms with van der Waals surface area (Å²) in [5, 5.41) is 9.39. The minimum atomic E-state index is -0.962. The standard InChI is InChI=1S/C16H23NO3/c1-5-16(6-2,15(19)20)11-14(18)17(4)13-9-7-12(3)8-10-13/h7-10H,5-6,11H2,1-4H3,(H,19,20). The molecule has 20 heavy (non-hydrogen) atoms. The van der Waals surface area contributed by atoms with Crippen LogP contribution in [0, 0.1) is 12.3 Å². The molecule has 0 radical (unpaired) electrons. The molecular weight excluding hydrogens is 254 g/mol. The second-order valence-corrected chi connectivity index (χ2v) is 5.26. The monoisotopic (exact) mass is 277 g/mol. The van der Waals surface area contributed by atoms with Gasteiger partial charge in [0.2, 0.25) is 5.91 Å². The largest absolute Gasteiger partial charge is 0.481 e. The molecule has 0 saturated heterocycles. The zero-order valence-electron chi connectivity index (χ0n) is 12.6. The van der Waals surface area contributed by atoms with Crippen molar-refractivity contribution >= 4 is 17.6 Å². The van der Waals surface area contributed by atoms with E-state index in [9.17, 15) is 14.7 Å². The molecule has 0 aliphatic carbocycles. The van der Waals surface area contributed by atoms with E-state index in [1.54, 1.807) is 7.05 Å². The Morgan fingerprint density at radius 2 is 1.65 bits per heavy atom. The van der Waals surface area contributed by atoms with Gasteiger partial charge in [-0.3, -0.25) is 9.59 Å². The van der Waals surface area contributed by atoms with Gasteiger partial charge < -0.3 is 10.0 Å². The van der Waals surface area contributed by atoms with Crippen LogP contribution in [0.3, 0.4) is 0 Å². The first-order valence-corrected chi connectivity index (χ1v) is 6.93. The quantitative estimate of drug-likeness (QED) is 0.868. The molecule has 0 aliphatic heterocycles. The smallest absolute Gasteiger partial charge is 0.310 e. The predicted molar refractivity (Wildman–Crippen MR) is 79.9 cm³/mol. The number of aryl methyl sites for hydroxylation is 1. The van der Waals surface area contributed by atoms with Gasteiger partial charge in [-0.05, 0) is 31.9 Å². The van der Waals surface area contributed by atoms with Crippen molar-refractivity contribution in [2.24, 2.45) is 5.41 Å². The maximum atomic E-state index is 12.3. The third kappa shape index (κ3) is 3.38. The van der Waals surface area contributed by atoms with E-state index in [1.165, 1.54) is 4.90 Å². The number of carbonyl (C=O) groups is 2.